The van der Waals surface area contributed by atoms with Gasteiger partial charge in [0.05, 0.1) is 19.3 Å². The average Bonchev–Trinajstić information content (AvgIpc) is 2.16. The lowest BCUT2D eigenvalue weighted by Gasteiger charge is -2.25. The first-order valence-corrected chi connectivity index (χ1v) is 5.07. The van der Waals surface area contributed by atoms with Gasteiger partial charge in [0, 0.05) is 26.2 Å². The molecule has 15 heavy (non-hydrogen) atoms. The van der Waals surface area contributed by atoms with Crippen LogP contribution in [0.15, 0.2) is 0 Å². The lowest BCUT2D eigenvalue weighted by Crippen LogP contribution is -2.41. The van der Waals surface area contributed by atoms with Crippen LogP contribution in [-0.4, -0.2) is 61.9 Å². The van der Waals surface area contributed by atoms with Crippen molar-refractivity contribution in [2.24, 2.45) is 5.73 Å². The quantitative estimate of drug-likeness (QED) is 0.577. The van der Waals surface area contributed by atoms with E-state index in [2.05, 4.69) is 0 Å². The van der Waals surface area contributed by atoms with Gasteiger partial charge in [0.1, 0.15) is 0 Å². The van der Waals surface area contributed by atoms with Gasteiger partial charge in [-0.15, -0.1) is 0 Å². The van der Waals surface area contributed by atoms with Gasteiger partial charge in [-0.05, 0) is 6.92 Å². The Bertz CT molecular complexity index is 150. The van der Waals surface area contributed by atoms with E-state index in [0.717, 1.165) is 0 Å². The molecule has 0 amide bonds. The molecule has 0 bridgehead atoms. The summed E-state index contributed by atoms with van der Waals surface area (Å²) in [7, 11) is 0. The summed E-state index contributed by atoms with van der Waals surface area (Å²) >= 11 is 0. The number of hydrogen-bond acceptors (Lipinski definition) is 4. The number of nitrogens with two attached hydrogens (primary N) is 1. The van der Waals surface area contributed by atoms with Gasteiger partial charge in [-0.3, -0.25) is 4.90 Å². The molecule has 0 saturated heterocycles. The molecule has 0 aromatic heterocycles. The summed E-state index contributed by atoms with van der Waals surface area (Å²) in [6, 6.07) is 0. The molecule has 4 nitrogen and oxygen atoms in total. The molecule has 1 unspecified atom stereocenters. The number of alkyl halides is 2. The highest BCUT2D eigenvalue weighted by Crippen LogP contribution is 2.01. The van der Waals surface area contributed by atoms with E-state index in [0.29, 0.717) is 19.7 Å². The normalized spacial score (nSPS) is 13.8. The predicted molar refractivity (Wildman–Crippen MR) is 54.0 cm³/mol. The molecule has 6 heteroatoms. The monoisotopic (exact) mass is 226 g/mol. The first-order chi connectivity index (χ1) is 7.13. The van der Waals surface area contributed by atoms with Crippen molar-refractivity contribution in [2.45, 2.75) is 19.5 Å². The van der Waals surface area contributed by atoms with Crippen LogP contribution < -0.4 is 5.73 Å². The molecule has 0 spiro atoms. The number of ether oxygens (including phenoxy) is 1. The number of hydrogen-bond donors (Lipinski definition) is 2. The van der Waals surface area contributed by atoms with Gasteiger partial charge < -0.3 is 15.6 Å². The Morgan fingerprint density at radius 3 is 2.47 bits per heavy atom. The average molecular weight is 226 g/mol. The van der Waals surface area contributed by atoms with Crippen molar-refractivity contribution in [3.8, 4) is 0 Å². The summed E-state index contributed by atoms with van der Waals surface area (Å²) in [6.45, 7) is 2.66. The third kappa shape index (κ3) is 7.61. The largest absolute Gasteiger partial charge is 0.395 e. The van der Waals surface area contributed by atoms with E-state index in [4.69, 9.17) is 15.6 Å². The molecule has 1 atom stereocenters. The lowest BCUT2D eigenvalue weighted by molar-refractivity contribution is 0.0140. The number of rotatable bonds is 9. The number of aliphatic hydroxyl groups is 1. The van der Waals surface area contributed by atoms with E-state index >= 15 is 0 Å². The summed E-state index contributed by atoms with van der Waals surface area (Å²) in [5.74, 6) is 0. The first-order valence-electron chi connectivity index (χ1n) is 5.07. The molecule has 0 aliphatic heterocycles. The second-order valence-corrected chi connectivity index (χ2v) is 3.19. The topological polar surface area (TPSA) is 58.7 Å². The van der Waals surface area contributed by atoms with Crippen LogP contribution in [0.2, 0.25) is 0 Å². The minimum absolute atomic E-state index is 0.143. The standard InChI is InChI=1S/C9H20F2N2O2/c1-2-15-8(5-12)6-13(3-4-14)7-9(10)11/h8-9,14H,2-7,12H2,1H3. The maximum absolute atomic E-state index is 12.2. The predicted octanol–water partition coefficient (Wildman–Crippen LogP) is -0.0904. The summed E-state index contributed by atoms with van der Waals surface area (Å²) in [5, 5.41) is 8.71. The smallest absolute Gasteiger partial charge is 0.251 e. The van der Waals surface area contributed by atoms with Crippen LogP contribution in [0.5, 0.6) is 0 Å². The zero-order valence-corrected chi connectivity index (χ0v) is 9.03. The van der Waals surface area contributed by atoms with E-state index in [-0.39, 0.29) is 25.8 Å². The second-order valence-electron chi connectivity index (χ2n) is 3.19. The van der Waals surface area contributed by atoms with Crippen LogP contribution in [0.4, 0.5) is 8.78 Å². The van der Waals surface area contributed by atoms with Crippen molar-refractivity contribution in [3.05, 3.63) is 0 Å². The van der Waals surface area contributed by atoms with Gasteiger partial charge in [-0.1, -0.05) is 0 Å². The van der Waals surface area contributed by atoms with Crippen molar-refractivity contribution in [1.82, 2.24) is 4.90 Å². The molecule has 0 saturated carbocycles. The van der Waals surface area contributed by atoms with Gasteiger partial charge in [0.2, 0.25) is 0 Å². The fourth-order valence-corrected chi connectivity index (χ4v) is 1.31. The molecule has 0 rings (SSSR count). The van der Waals surface area contributed by atoms with Crippen molar-refractivity contribution in [1.29, 1.82) is 0 Å². The Labute approximate surface area is 89.0 Å². The van der Waals surface area contributed by atoms with Gasteiger partial charge in [-0.2, -0.15) is 0 Å². The van der Waals surface area contributed by atoms with Crippen LogP contribution in [0.3, 0.4) is 0 Å². The van der Waals surface area contributed by atoms with E-state index in [1.807, 2.05) is 6.92 Å². The van der Waals surface area contributed by atoms with Gasteiger partial charge in [-0.25, -0.2) is 8.78 Å². The lowest BCUT2D eigenvalue weighted by atomic mass is 10.3. The van der Waals surface area contributed by atoms with Crippen molar-refractivity contribution in [3.63, 3.8) is 0 Å². The summed E-state index contributed by atoms with van der Waals surface area (Å²) < 4.78 is 29.6. The molecule has 0 aliphatic rings. The molecule has 3 N–H and O–H groups in total. The molecule has 0 aromatic carbocycles. The molecule has 92 valence electrons. The van der Waals surface area contributed by atoms with Crippen molar-refractivity contribution >= 4 is 0 Å². The molecule has 0 aliphatic carbocycles. The van der Waals surface area contributed by atoms with Crippen LogP contribution in [-0.2, 0) is 4.74 Å². The van der Waals surface area contributed by atoms with E-state index in [1.54, 1.807) is 0 Å². The third-order valence-electron chi connectivity index (χ3n) is 1.94. The maximum atomic E-state index is 12.2. The summed E-state index contributed by atoms with van der Waals surface area (Å²) in [6.07, 6.45) is -2.66. The zero-order valence-electron chi connectivity index (χ0n) is 9.03. The Kier molecular flexibility index (Phi) is 8.79. The second kappa shape index (κ2) is 8.96. The third-order valence-corrected chi connectivity index (χ3v) is 1.94. The molecular formula is C9H20F2N2O2. The van der Waals surface area contributed by atoms with Crippen LogP contribution in [0.1, 0.15) is 6.92 Å². The Morgan fingerprint density at radius 1 is 1.40 bits per heavy atom. The summed E-state index contributed by atoms with van der Waals surface area (Å²) in [5.41, 5.74) is 5.43. The van der Waals surface area contributed by atoms with Crippen LogP contribution in [0, 0.1) is 0 Å². The molecule has 0 aromatic rings. The van der Waals surface area contributed by atoms with Gasteiger partial charge in [0.15, 0.2) is 0 Å². The number of aliphatic hydroxyl groups excluding tert-OH is 1. The SMILES string of the molecule is CCOC(CN)CN(CCO)CC(F)F. The van der Waals surface area contributed by atoms with Gasteiger partial charge in [0.25, 0.3) is 6.43 Å². The molecule has 0 radical (unpaired) electrons. The van der Waals surface area contributed by atoms with Crippen LogP contribution in [0.25, 0.3) is 0 Å². The van der Waals surface area contributed by atoms with E-state index in [1.165, 1.54) is 4.90 Å². The van der Waals surface area contributed by atoms with E-state index < -0.39 is 6.43 Å². The first kappa shape index (κ1) is 14.7. The molecule has 0 heterocycles. The van der Waals surface area contributed by atoms with E-state index in [9.17, 15) is 8.78 Å². The minimum Gasteiger partial charge on any atom is -0.395 e. The number of halogens is 2. The number of nitrogens with zero attached hydrogens (tertiary/aromatic N) is 1. The fraction of sp³-hybridized carbons (Fsp3) is 1.00. The zero-order chi connectivity index (χ0) is 11.7. The highest BCUT2D eigenvalue weighted by molar-refractivity contribution is 4.67. The Morgan fingerprint density at radius 2 is 2.07 bits per heavy atom. The van der Waals surface area contributed by atoms with Crippen molar-refractivity contribution < 1.29 is 18.6 Å². The Hall–Kier alpha value is -0.300. The molecular weight excluding hydrogens is 206 g/mol. The fourth-order valence-electron chi connectivity index (χ4n) is 1.31. The van der Waals surface area contributed by atoms with Crippen molar-refractivity contribution in [2.75, 3.05) is 39.4 Å². The highest BCUT2D eigenvalue weighted by Gasteiger charge is 2.16. The highest BCUT2D eigenvalue weighted by atomic mass is 19.3. The van der Waals surface area contributed by atoms with Crippen LogP contribution >= 0.6 is 0 Å². The summed E-state index contributed by atoms with van der Waals surface area (Å²) in [4.78, 5) is 1.46. The maximum Gasteiger partial charge on any atom is 0.251 e. The van der Waals surface area contributed by atoms with Gasteiger partial charge >= 0.3 is 0 Å². The minimum atomic E-state index is -2.41. The Balaban J connectivity index is 3.99. The molecule has 0 fully saturated rings.